The van der Waals surface area contributed by atoms with Crippen molar-refractivity contribution in [2.75, 3.05) is 13.1 Å². The number of nitrogens with zero attached hydrogens (tertiary/aromatic N) is 1. The van der Waals surface area contributed by atoms with Crippen molar-refractivity contribution in [1.82, 2.24) is 10.2 Å². The van der Waals surface area contributed by atoms with Crippen LogP contribution in [0.2, 0.25) is 0 Å². The van der Waals surface area contributed by atoms with E-state index in [4.69, 9.17) is 9.47 Å². The molecule has 2 amide bonds. The van der Waals surface area contributed by atoms with Crippen molar-refractivity contribution in [1.29, 1.82) is 0 Å². The summed E-state index contributed by atoms with van der Waals surface area (Å²) in [6.45, 7) is 6.66. The Morgan fingerprint density at radius 3 is 2.69 bits per heavy atom. The summed E-state index contributed by atoms with van der Waals surface area (Å²) in [7, 11) is 0. The molecule has 0 spiro atoms. The number of ether oxygens (including phenoxy) is 2. The van der Waals surface area contributed by atoms with Crippen molar-refractivity contribution in [2.24, 2.45) is 5.92 Å². The fourth-order valence-corrected chi connectivity index (χ4v) is 3.48. The summed E-state index contributed by atoms with van der Waals surface area (Å²) >= 11 is 0. The van der Waals surface area contributed by atoms with Crippen molar-refractivity contribution >= 4 is 12.2 Å². The lowest BCUT2D eigenvalue weighted by atomic mass is 9.91. The molecule has 0 bridgehead atoms. The van der Waals surface area contributed by atoms with Crippen LogP contribution in [-0.2, 0) is 16.1 Å². The Hall–Kier alpha value is -2.50. The maximum absolute atomic E-state index is 12.4. The molecule has 2 aliphatic rings. The van der Waals surface area contributed by atoms with E-state index in [1.54, 1.807) is 4.90 Å². The van der Waals surface area contributed by atoms with E-state index in [1.165, 1.54) is 0 Å². The molecule has 3 rings (SSSR count). The second kappa shape index (κ2) is 7.02. The molecule has 1 aliphatic carbocycles. The van der Waals surface area contributed by atoms with Gasteiger partial charge in [-0.15, -0.1) is 0 Å². The normalized spacial score (nSPS) is 24.3. The predicted molar refractivity (Wildman–Crippen MR) is 97.5 cm³/mol. The van der Waals surface area contributed by atoms with Crippen LogP contribution in [0.3, 0.4) is 0 Å². The van der Waals surface area contributed by atoms with Gasteiger partial charge >= 0.3 is 12.2 Å². The number of allylic oxidation sites excluding steroid dienone is 1. The van der Waals surface area contributed by atoms with Crippen molar-refractivity contribution < 1.29 is 19.1 Å². The summed E-state index contributed by atoms with van der Waals surface area (Å²) in [5, 5.41) is 2.97. The molecule has 0 radical (unpaired) electrons. The highest BCUT2D eigenvalue weighted by atomic mass is 16.6. The van der Waals surface area contributed by atoms with Gasteiger partial charge in [-0.05, 0) is 32.8 Å². The molecule has 6 heteroatoms. The Labute approximate surface area is 154 Å². The van der Waals surface area contributed by atoms with Crippen LogP contribution in [-0.4, -0.2) is 41.3 Å². The smallest absolute Gasteiger partial charge is 0.410 e. The third-order valence-electron chi connectivity index (χ3n) is 4.65. The molecule has 0 unspecified atom stereocenters. The number of benzene rings is 1. The zero-order valence-electron chi connectivity index (χ0n) is 15.5. The van der Waals surface area contributed by atoms with Gasteiger partial charge in [0.15, 0.2) is 0 Å². The minimum atomic E-state index is -0.575. The Morgan fingerprint density at radius 1 is 1.27 bits per heavy atom. The summed E-state index contributed by atoms with van der Waals surface area (Å²) in [5.41, 5.74) is -0.193. The van der Waals surface area contributed by atoms with Gasteiger partial charge in [0.2, 0.25) is 0 Å². The maximum atomic E-state index is 12.4. The Balaban J connectivity index is 1.60. The standard InChI is InChI=1S/C20H26N2O4/c1-19(2,3)26-17(23)21-20-11-7-10-16(20)12-22(14-20)18(24)25-13-15-8-5-4-6-9-15/h4-9,11,16H,10,12-14H2,1-3H3,(H,21,23)/t16-,20-/m1/s1. The molecular weight excluding hydrogens is 332 g/mol. The van der Waals surface area contributed by atoms with E-state index in [-0.39, 0.29) is 18.6 Å². The zero-order chi connectivity index (χ0) is 18.8. The number of hydrogen-bond donors (Lipinski definition) is 1. The molecular formula is C20H26N2O4. The highest BCUT2D eigenvalue weighted by Crippen LogP contribution is 2.37. The van der Waals surface area contributed by atoms with Gasteiger partial charge in [-0.2, -0.15) is 0 Å². The lowest BCUT2D eigenvalue weighted by Gasteiger charge is -2.30. The first-order valence-electron chi connectivity index (χ1n) is 8.92. The first kappa shape index (κ1) is 18.3. The summed E-state index contributed by atoms with van der Waals surface area (Å²) < 4.78 is 10.8. The van der Waals surface area contributed by atoms with Gasteiger partial charge < -0.3 is 19.7 Å². The van der Waals surface area contributed by atoms with E-state index in [1.807, 2.05) is 57.2 Å². The molecule has 26 heavy (non-hydrogen) atoms. The van der Waals surface area contributed by atoms with Gasteiger partial charge in [-0.3, -0.25) is 0 Å². The van der Waals surface area contributed by atoms with Crippen LogP contribution in [0, 0.1) is 5.92 Å². The average molecular weight is 358 g/mol. The lowest BCUT2D eigenvalue weighted by molar-refractivity contribution is 0.0464. The average Bonchev–Trinajstić information content (AvgIpc) is 3.08. The zero-order valence-corrected chi connectivity index (χ0v) is 15.5. The maximum Gasteiger partial charge on any atom is 0.410 e. The van der Waals surface area contributed by atoms with Crippen LogP contribution >= 0.6 is 0 Å². The molecule has 1 heterocycles. The third kappa shape index (κ3) is 4.18. The molecule has 1 aromatic rings. The van der Waals surface area contributed by atoms with Gasteiger partial charge in [-0.25, -0.2) is 9.59 Å². The molecule has 1 fully saturated rings. The number of carbonyl (C=O) groups excluding carboxylic acids is 2. The summed E-state index contributed by atoms with van der Waals surface area (Å²) in [4.78, 5) is 26.3. The van der Waals surface area contributed by atoms with E-state index < -0.39 is 17.2 Å². The van der Waals surface area contributed by atoms with Crippen molar-refractivity contribution in [2.45, 2.75) is 44.9 Å². The molecule has 1 N–H and O–H groups in total. The van der Waals surface area contributed by atoms with Gasteiger partial charge in [0, 0.05) is 12.5 Å². The number of nitrogens with one attached hydrogen (secondary N) is 1. The topological polar surface area (TPSA) is 67.9 Å². The Kier molecular flexibility index (Phi) is 4.94. The summed E-state index contributed by atoms with van der Waals surface area (Å²) in [5.74, 6) is 0.138. The number of hydrogen-bond acceptors (Lipinski definition) is 4. The van der Waals surface area contributed by atoms with E-state index in [0.717, 1.165) is 12.0 Å². The molecule has 140 valence electrons. The molecule has 1 aromatic carbocycles. The fraction of sp³-hybridized carbons (Fsp3) is 0.500. The third-order valence-corrected chi connectivity index (χ3v) is 4.65. The second-order valence-corrected chi connectivity index (χ2v) is 7.92. The number of rotatable bonds is 3. The summed E-state index contributed by atoms with van der Waals surface area (Å²) in [6.07, 6.45) is 4.02. The molecule has 6 nitrogen and oxygen atoms in total. The lowest BCUT2D eigenvalue weighted by Crippen LogP contribution is -2.53. The quantitative estimate of drug-likeness (QED) is 0.840. The highest BCUT2D eigenvalue weighted by Gasteiger charge is 2.50. The Morgan fingerprint density at radius 2 is 2.00 bits per heavy atom. The highest BCUT2D eigenvalue weighted by molar-refractivity contribution is 5.72. The largest absolute Gasteiger partial charge is 0.445 e. The van der Waals surface area contributed by atoms with Crippen molar-refractivity contribution in [3.05, 3.63) is 48.0 Å². The van der Waals surface area contributed by atoms with E-state index in [2.05, 4.69) is 11.4 Å². The monoisotopic (exact) mass is 358 g/mol. The van der Waals surface area contributed by atoms with E-state index >= 15 is 0 Å². The van der Waals surface area contributed by atoms with Crippen LogP contribution in [0.25, 0.3) is 0 Å². The predicted octanol–water partition coefficient (Wildman–Crippen LogP) is 3.48. The van der Waals surface area contributed by atoms with Gasteiger partial charge in [0.05, 0.1) is 12.1 Å². The molecule has 0 aromatic heterocycles. The number of likely N-dealkylation sites (tertiary alicyclic amines) is 1. The van der Waals surface area contributed by atoms with Crippen LogP contribution in [0.5, 0.6) is 0 Å². The molecule has 1 aliphatic heterocycles. The molecule has 1 saturated heterocycles. The summed E-state index contributed by atoms with van der Waals surface area (Å²) in [6, 6.07) is 9.58. The van der Waals surface area contributed by atoms with Gasteiger partial charge in [0.25, 0.3) is 0 Å². The SMILES string of the molecule is CC(C)(C)OC(=O)N[C@@]12C=CC[C@@H]1CN(C(=O)OCc1ccccc1)C2. The number of fused-ring (bicyclic) bond motifs is 1. The Bertz CT molecular complexity index is 696. The first-order valence-corrected chi connectivity index (χ1v) is 8.92. The second-order valence-electron chi connectivity index (χ2n) is 7.92. The number of alkyl carbamates (subject to hydrolysis) is 1. The number of amides is 2. The van der Waals surface area contributed by atoms with Crippen molar-refractivity contribution in [3.63, 3.8) is 0 Å². The van der Waals surface area contributed by atoms with Gasteiger partial charge in [0.1, 0.15) is 12.2 Å². The van der Waals surface area contributed by atoms with Crippen LogP contribution < -0.4 is 5.32 Å². The number of carbonyl (C=O) groups is 2. The fourth-order valence-electron chi connectivity index (χ4n) is 3.48. The minimum absolute atomic E-state index is 0.138. The van der Waals surface area contributed by atoms with Crippen LogP contribution in [0.4, 0.5) is 9.59 Å². The van der Waals surface area contributed by atoms with Crippen LogP contribution in [0.15, 0.2) is 42.5 Å². The van der Waals surface area contributed by atoms with E-state index in [9.17, 15) is 9.59 Å². The van der Waals surface area contributed by atoms with E-state index in [0.29, 0.717) is 13.1 Å². The van der Waals surface area contributed by atoms with Crippen LogP contribution in [0.1, 0.15) is 32.8 Å². The molecule has 0 saturated carbocycles. The van der Waals surface area contributed by atoms with Gasteiger partial charge in [-0.1, -0.05) is 42.5 Å². The first-order chi connectivity index (χ1) is 12.3. The molecule has 2 atom stereocenters. The van der Waals surface area contributed by atoms with Crippen molar-refractivity contribution in [3.8, 4) is 0 Å². The minimum Gasteiger partial charge on any atom is -0.445 e.